The molecule has 0 spiro atoms. The van der Waals surface area contributed by atoms with E-state index in [0.29, 0.717) is 50.0 Å². The quantitative estimate of drug-likeness (QED) is 0.775. The number of anilines is 1. The van der Waals surface area contributed by atoms with E-state index in [9.17, 15) is 9.59 Å². The van der Waals surface area contributed by atoms with Gasteiger partial charge in [-0.2, -0.15) is 0 Å². The summed E-state index contributed by atoms with van der Waals surface area (Å²) in [5.41, 5.74) is 6.15. The lowest BCUT2D eigenvalue weighted by Gasteiger charge is -2.35. The summed E-state index contributed by atoms with van der Waals surface area (Å²) in [6.07, 6.45) is 0. The van der Waals surface area contributed by atoms with Crippen LogP contribution in [0.3, 0.4) is 0 Å². The number of nitrogens with zero attached hydrogens (tertiary/aromatic N) is 2. The Bertz CT molecular complexity index is 566. The predicted molar refractivity (Wildman–Crippen MR) is 106 cm³/mol. The first-order valence-corrected chi connectivity index (χ1v) is 8.14. The number of hydrogen-bond acceptors (Lipinski definition) is 4. The predicted octanol–water partition coefficient (Wildman–Crippen LogP) is 1.86. The number of nitrogens with two attached hydrogens (primary N) is 1. The average molecular weight is 412 g/mol. The van der Waals surface area contributed by atoms with Crippen LogP contribution in [0.1, 0.15) is 6.92 Å². The molecular formula is C16H25Cl3N4O2. The molecule has 1 aromatic carbocycles. The average Bonchev–Trinajstić information content (AvgIpc) is 2.56. The molecule has 1 atom stereocenters. The molecular weight excluding hydrogens is 387 g/mol. The number of amides is 2. The highest BCUT2D eigenvalue weighted by atomic mass is 35.5. The Morgan fingerprint density at radius 3 is 2.36 bits per heavy atom. The molecule has 1 unspecified atom stereocenters. The maximum atomic E-state index is 12.1. The van der Waals surface area contributed by atoms with Gasteiger partial charge in [0, 0.05) is 38.6 Å². The van der Waals surface area contributed by atoms with Gasteiger partial charge in [0.15, 0.2) is 0 Å². The van der Waals surface area contributed by atoms with Crippen LogP contribution in [-0.4, -0.2) is 60.9 Å². The van der Waals surface area contributed by atoms with Gasteiger partial charge in [-0.05, 0) is 12.1 Å². The van der Waals surface area contributed by atoms with Crippen LogP contribution in [0.25, 0.3) is 0 Å². The Hall–Kier alpha value is -1.05. The first-order chi connectivity index (χ1) is 11.0. The highest BCUT2D eigenvalue weighted by Crippen LogP contribution is 2.20. The lowest BCUT2D eigenvalue weighted by atomic mass is 10.1. The number of hydrogen-bond donors (Lipinski definition) is 2. The van der Waals surface area contributed by atoms with E-state index >= 15 is 0 Å². The highest BCUT2D eigenvalue weighted by molar-refractivity contribution is 6.33. The molecule has 2 rings (SSSR count). The minimum atomic E-state index is -0.148. The van der Waals surface area contributed by atoms with E-state index in [-0.39, 0.29) is 42.5 Å². The molecule has 142 valence electrons. The topological polar surface area (TPSA) is 78.7 Å². The third-order valence-electron chi connectivity index (χ3n) is 3.97. The van der Waals surface area contributed by atoms with Crippen molar-refractivity contribution >= 4 is 53.9 Å². The van der Waals surface area contributed by atoms with Gasteiger partial charge in [0.1, 0.15) is 0 Å². The van der Waals surface area contributed by atoms with Crippen LogP contribution in [0.5, 0.6) is 0 Å². The number of nitrogens with one attached hydrogen (secondary N) is 1. The molecule has 2 amide bonds. The number of carbonyl (C=O) groups excluding carboxylic acids is 2. The van der Waals surface area contributed by atoms with E-state index in [1.54, 1.807) is 12.1 Å². The van der Waals surface area contributed by atoms with Crippen molar-refractivity contribution in [2.75, 3.05) is 44.6 Å². The van der Waals surface area contributed by atoms with Crippen LogP contribution in [0, 0.1) is 5.92 Å². The van der Waals surface area contributed by atoms with E-state index in [0.717, 1.165) is 0 Å². The maximum absolute atomic E-state index is 12.1. The largest absolute Gasteiger partial charge is 0.340 e. The molecule has 25 heavy (non-hydrogen) atoms. The van der Waals surface area contributed by atoms with Crippen molar-refractivity contribution in [3.63, 3.8) is 0 Å². The van der Waals surface area contributed by atoms with Gasteiger partial charge >= 0.3 is 0 Å². The lowest BCUT2D eigenvalue weighted by molar-refractivity contribution is -0.136. The zero-order chi connectivity index (χ0) is 16.8. The standard InChI is InChI=1S/C16H23ClN4O2.2ClH/c1-12(10-18)16(23)21-8-6-20(7-9-21)11-15(22)19-14-5-3-2-4-13(14)17;;/h2-5,12H,6-11,18H2,1H3,(H,19,22);2*1H. The lowest BCUT2D eigenvalue weighted by Crippen LogP contribution is -2.52. The second kappa shape index (κ2) is 11.5. The van der Waals surface area contributed by atoms with Gasteiger partial charge in [-0.25, -0.2) is 0 Å². The van der Waals surface area contributed by atoms with Crippen LogP contribution >= 0.6 is 36.4 Å². The van der Waals surface area contributed by atoms with Crippen LogP contribution in [0.15, 0.2) is 24.3 Å². The SMILES string of the molecule is CC(CN)C(=O)N1CCN(CC(=O)Nc2ccccc2Cl)CC1.Cl.Cl. The molecule has 0 radical (unpaired) electrons. The molecule has 1 aromatic rings. The number of piperazine rings is 1. The molecule has 6 nitrogen and oxygen atoms in total. The van der Waals surface area contributed by atoms with Crippen molar-refractivity contribution in [3.8, 4) is 0 Å². The molecule has 1 fully saturated rings. The molecule has 9 heteroatoms. The number of benzene rings is 1. The number of rotatable bonds is 5. The summed E-state index contributed by atoms with van der Waals surface area (Å²) in [6.45, 7) is 5.10. The van der Waals surface area contributed by atoms with Crippen LogP contribution < -0.4 is 11.1 Å². The second-order valence-corrected chi connectivity index (χ2v) is 6.17. The van der Waals surface area contributed by atoms with Crippen molar-refractivity contribution < 1.29 is 9.59 Å². The molecule has 1 heterocycles. The minimum Gasteiger partial charge on any atom is -0.340 e. The van der Waals surface area contributed by atoms with Crippen molar-refractivity contribution in [2.45, 2.75) is 6.92 Å². The fourth-order valence-corrected chi connectivity index (χ4v) is 2.68. The van der Waals surface area contributed by atoms with Crippen molar-refractivity contribution in [1.29, 1.82) is 0 Å². The third kappa shape index (κ3) is 6.99. The maximum Gasteiger partial charge on any atom is 0.238 e. The van der Waals surface area contributed by atoms with Crippen LogP contribution in [-0.2, 0) is 9.59 Å². The van der Waals surface area contributed by atoms with E-state index in [1.807, 2.05) is 28.9 Å². The number of carbonyl (C=O) groups is 2. The first kappa shape index (κ1) is 23.9. The van der Waals surface area contributed by atoms with Gasteiger partial charge in [0.2, 0.25) is 11.8 Å². The highest BCUT2D eigenvalue weighted by Gasteiger charge is 2.25. The molecule has 1 saturated heterocycles. The fourth-order valence-electron chi connectivity index (χ4n) is 2.49. The zero-order valence-electron chi connectivity index (χ0n) is 14.1. The Morgan fingerprint density at radius 2 is 1.80 bits per heavy atom. The normalized spacial score (nSPS) is 15.6. The smallest absolute Gasteiger partial charge is 0.238 e. The van der Waals surface area contributed by atoms with Gasteiger partial charge in [0.25, 0.3) is 0 Å². The van der Waals surface area contributed by atoms with Gasteiger partial charge < -0.3 is 16.0 Å². The van der Waals surface area contributed by atoms with Crippen molar-refractivity contribution in [3.05, 3.63) is 29.3 Å². The van der Waals surface area contributed by atoms with Crippen LogP contribution in [0.4, 0.5) is 5.69 Å². The molecule has 1 aliphatic rings. The summed E-state index contributed by atoms with van der Waals surface area (Å²) < 4.78 is 0. The van der Waals surface area contributed by atoms with E-state index in [2.05, 4.69) is 5.32 Å². The molecule has 0 saturated carbocycles. The Balaban J connectivity index is 0.00000288. The zero-order valence-corrected chi connectivity index (χ0v) is 16.5. The summed E-state index contributed by atoms with van der Waals surface area (Å²) >= 11 is 6.03. The van der Waals surface area contributed by atoms with E-state index in [1.165, 1.54) is 0 Å². The van der Waals surface area contributed by atoms with Gasteiger partial charge in [-0.3, -0.25) is 14.5 Å². The van der Waals surface area contributed by atoms with Gasteiger partial charge in [-0.1, -0.05) is 30.7 Å². The van der Waals surface area contributed by atoms with E-state index < -0.39 is 0 Å². The Kier molecular flexibility index (Phi) is 11.1. The third-order valence-corrected chi connectivity index (χ3v) is 4.30. The number of para-hydroxylation sites is 1. The Morgan fingerprint density at radius 1 is 1.20 bits per heavy atom. The fraction of sp³-hybridized carbons (Fsp3) is 0.500. The van der Waals surface area contributed by atoms with E-state index in [4.69, 9.17) is 17.3 Å². The van der Waals surface area contributed by atoms with Crippen LogP contribution in [0.2, 0.25) is 5.02 Å². The molecule has 0 aromatic heterocycles. The van der Waals surface area contributed by atoms with Gasteiger partial charge in [0.05, 0.1) is 17.3 Å². The number of halogens is 3. The molecule has 3 N–H and O–H groups in total. The van der Waals surface area contributed by atoms with Crippen molar-refractivity contribution in [1.82, 2.24) is 9.80 Å². The minimum absolute atomic E-state index is 0. The Labute approximate surface area is 165 Å². The monoisotopic (exact) mass is 410 g/mol. The molecule has 0 aliphatic carbocycles. The molecule has 0 bridgehead atoms. The summed E-state index contributed by atoms with van der Waals surface area (Å²) in [4.78, 5) is 28.0. The summed E-state index contributed by atoms with van der Waals surface area (Å²) in [7, 11) is 0. The first-order valence-electron chi connectivity index (χ1n) is 7.77. The molecule has 1 aliphatic heterocycles. The summed E-state index contributed by atoms with van der Waals surface area (Å²) in [6, 6.07) is 7.15. The van der Waals surface area contributed by atoms with Crippen molar-refractivity contribution in [2.24, 2.45) is 11.7 Å². The van der Waals surface area contributed by atoms with Gasteiger partial charge in [-0.15, -0.1) is 24.8 Å². The second-order valence-electron chi connectivity index (χ2n) is 5.77. The summed E-state index contributed by atoms with van der Waals surface area (Å²) in [5, 5.41) is 3.33. The summed E-state index contributed by atoms with van der Waals surface area (Å²) in [5.74, 6) is -0.161.